The minimum Gasteiger partial charge on any atom is -0.452 e. The van der Waals surface area contributed by atoms with E-state index in [1.165, 1.54) is 21.7 Å². The number of hydrogen-bond donors (Lipinski definition) is 0. The molecule has 4 aromatic heterocycles. The highest BCUT2D eigenvalue weighted by Crippen LogP contribution is 2.43. The number of aromatic nitrogens is 4. The molecule has 49 heavy (non-hydrogen) atoms. The molecule has 0 saturated carbocycles. The van der Waals surface area contributed by atoms with Gasteiger partial charge < -0.3 is 8.98 Å². The molecule has 0 fully saturated rings. The van der Waals surface area contributed by atoms with E-state index in [0.29, 0.717) is 11.5 Å². The second-order valence-electron chi connectivity index (χ2n) is 12.6. The smallest absolute Gasteiger partial charge is 0.236 e. The second-order valence-corrected chi connectivity index (χ2v) is 12.6. The first kappa shape index (κ1) is 26.4. The molecule has 0 amide bonds. The fraction of sp³-hybridized carbons (Fsp3) is 0. The monoisotopic (exact) mass is 626 g/mol. The van der Waals surface area contributed by atoms with Gasteiger partial charge in [-0.1, -0.05) is 115 Å². The first-order valence-electron chi connectivity index (χ1n) is 16.5. The molecule has 0 saturated heterocycles. The van der Waals surface area contributed by atoms with Crippen molar-refractivity contribution in [1.29, 1.82) is 0 Å². The highest BCUT2D eigenvalue weighted by molar-refractivity contribution is 6.29. The third kappa shape index (κ3) is 3.64. The Morgan fingerprint density at radius 3 is 1.76 bits per heavy atom. The van der Waals surface area contributed by atoms with Crippen LogP contribution >= 0.6 is 0 Å². The number of hydrogen-bond acceptors (Lipinski definition) is 3. The van der Waals surface area contributed by atoms with E-state index in [-0.39, 0.29) is 0 Å². The van der Waals surface area contributed by atoms with Crippen molar-refractivity contribution in [1.82, 2.24) is 19.1 Å². The lowest BCUT2D eigenvalue weighted by Gasteiger charge is -2.10. The Bertz CT molecular complexity index is 3100. The fourth-order valence-corrected chi connectivity index (χ4v) is 7.88. The molecule has 5 heteroatoms. The van der Waals surface area contributed by atoms with Crippen LogP contribution in [0.1, 0.15) is 0 Å². The van der Waals surface area contributed by atoms with Crippen LogP contribution in [0.4, 0.5) is 0 Å². The lowest BCUT2D eigenvalue weighted by Crippen LogP contribution is -2.03. The maximum Gasteiger partial charge on any atom is 0.236 e. The van der Waals surface area contributed by atoms with Gasteiger partial charge in [0, 0.05) is 32.8 Å². The maximum absolute atomic E-state index is 6.61. The molecular weight excluding hydrogens is 601 g/mol. The van der Waals surface area contributed by atoms with Crippen LogP contribution in [0.2, 0.25) is 0 Å². The topological polar surface area (TPSA) is 48.8 Å². The molecule has 0 N–H and O–H groups in total. The van der Waals surface area contributed by atoms with E-state index < -0.39 is 0 Å². The molecule has 228 valence electrons. The molecule has 5 nitrogen and oxygen atoms in total. The molecule has 0 aliphatic carbocycles. The molecule has 11 rings (SSSR count). The van der Waals surface area contributed by atoms with Crippen molar-refractivity contribution in [3.05, 3.63) is 158 Å². The summed E-state index contributed by atoms with van der Waals surface area (Å²) in [5.41, 5.74) is 9.64. The summed E-state index contributed by atoms with van der Waals surface area (Å²) >= 11 is 0. The van der Waals surface area contributed by atoms with E-state index in [4.69, 9.17) is 14.4 Å². The number of benzene rings is 7. The molecule has 0 spiro atoms. The lowest BCUT2D eigenvalue weighted by atomic mass is 10.1. The van der Waals surface area contributed by atoms with E-state index >= 15 is 0 Å². The summed E-state index contributed by atoms with van der Waals surface area (Å²) in [5.74, 6) is 0.610. The Morgan fingerprint density at radius 1 is 0.429 bits per heavy atom. The van der Waals surface area contributed by atoms with Gasteiger partial charge in [-0.15, -0.1) is 0 Å². The number of para-hydroxylation sites is 3. The van der Waals surface area contributed by atoms with Crippen LogP contribution in [0.5, 0.6) is 0 Å². The van der Waals surface area contributed by atoms with Gasteiger partial charge in [0.1, 0.15) is 16.8 Å². The van der Waals surface area contributed by atoms with Crippen molar-refractivity contribution in [2.45, 2.75) is 0 Å². The summed E-state index contributed by atoms with van der Waals surface area (Å²) in [6.45, 7) is 0. The SMILES string of the molecule is c1ccc(-c2nc(-n3c4ccccc4c4c5c6ccccc6n(-c6ccccc6)c5ccc43)nc3c2oc2ccc4ccccc4c23)cc1. The molecule has 11 aromatic rings. The van der Waals surface area contributed by atoms with Crippen LogP contribution in [0.25, 0.3) is 99.3 Å². The first-order chi connectivity index (χ1) is 24.3. The zero-order chi connectivity index (χ0) is 32.1. The summed E-state index contributed by atoms with van der Waals surface area (Å²) in [5, 5.41) is 8.04. The molecule has 0 aliphatic heterocycles. The molecular formula is C44H26N4O. The number of furan rings is 1. The predicted octanol–water partition coefficient (Wildman–Crippen LogP) is 11.4. The van der Waals surface area contributed by atoms with Gasteiger partial charge in [-0.05, 0) is 53.2 Å². The average Bonchev–Trinajstić information content (AvgIpc) is 3.83. The van der Waals surface area contributed by atoms with Crippen LogP contribution in [0.15, 0.2) is 162 Å². The Kier molecular flexibility index (Phi) is 5.32. The van der Waals surface area contributed by atoms with Crippen molar-refractivity contribution in [3.63, 3.8) is 0 Å². The molecule has 0 atom stereocenters. The van der Waals surface area contributed by atoms with Crippen molar-refractivity contribution in [3.8, 4) is 22.9 Å². The van der Waals surface area contributed by atoms with Crippen molar-refractivity contribution < 1.29 is 4.42 Å². The summed E-state index contributed by atoms with van der Waals surface area (Å²) in [6, 6.07) is 55.3. The molecule has 0 unspecified atom stereocenters. The van der Waals surface area contributed by atoms with E-state index in [1.54, 1.807) is 0 Å². The predicted molar refractivity (Wildman–Crippen MR) is 201 cm³/mol. The van der Waals surface area contributed by atoms with Gasteiger partial charge in [-0.25, -0.2) is 9.97 Å². The Labute approximate surface area is 279 Å². The zero-order valence-electron chi connectivity index (χ0n) is 26.2. The quantitative estimate of drug-likeness (QED) is 0.196. The highest BCUT2D eigenvalue weighted by Gasteiger charge is 2.24. The van der Waals surface area contributed by atoms with Crippen molar-refractivity contribution in [2.24, 2.45) is 0 Å². The van der Waals surface area contributed by atoms with Gasteiger partial charge in [0.25, 0.3) is 0 Å². The third-order valence-corrected chi connectivity index (χ3v) is 9.93. The molecule has 4 heterocycles. The standard InChI is InChI=1S/C44H26N4O/c1-3-14-28(15-4-1)41-43-42(40-30-18-8-7-13-27(30)23-26-37(40)49-43)46-44(45-41)48-34-22-12-10-20-32(34)39-36(48)25-24-35-38(39)31-19-9-11-21-33(31)47(35)29-16-5-2-6-17-29/h1-26H. The lowest BCUT2D eigenvalue weighted by molar-refractivity contribution is 0.667. The molecule has 7 aromatic carbocycles. The fourth-order valence-electron chi connectivity index (χ4n) is 7.88. The first-order valence-corrected chi connectivity index (χ1v) is 16.5. The van der Waals surface area contributed by atoms with E-state index in [2.05, 4.69) is 143 Å². The third-order valence-electron chi connectivity index (χ3n) is 9.93. The van der Waals surface area contributed by atoms with Gasteiger partial charge in [0.15, 0.2) is 5.58 Å². The van der Waals surface area contributed by atoms with Crippen molar-refractivity contribution >= 4 is 76.5 Å². The minimum absolute atomic E-state index is 0.610. The normalized spacial score (nSPS) is 12.1. The van der Waals surface area contributed by atoms with Gasteiger partial charge in [0.05, 0.1) is 27.5 Å². The summed E-state index contributed by atoms with van der Waals surface area (Å²) in [6.07, 6.45) is 0. The Balaban J connectivity index is 1.31. The van der Waals surface area contributed by atoms with Crippen LogP contribution in [-0.4, -0.2) is 19.1 Å². The summed E-state index contributed by atoms with van der Waals surface area (Å²) in [7, 11) is 0. The maximum atomic E-state index is 6.61. The van der Waals surface area contributed by atoms with E-state index in [9.17, 15) is 0 Å². The molecule has 0 aliphatic rings. The van der Waals surface area contributed by atoms with Crippen LogP contribution in [-0.2, 0) is 0 Å². The molecule has 0 bridgehead atoms. The van der Waals surface area contributed by atoms with Crippen LogP contribution in [0, 0.1) is 0 Å². The largest absolute Gasteiger partial charge is 0.452 e. The average molecular weight is 627 g/mol. The number of rotatable bonds is 3. The van der Waals surface area contributed by atoms with Gasteiger partial charge >= 0.3 is 0 Å². The Hall–Kier alpha value is -6.72. The van der Waals surface area contributed by atoms with Gasteiger partial charge in [0.2, 0.25) is 5.95 Å². The van der Waals surface area contributed by atoms with E-state index in [0.717, 1.165) is 66.1 Å². The Morgan fingerprint density at radius 2 is 1.02 bits per heavy atom. The van der Waals surface area contributed by atoms with E-state index in [1.807, 2.05) is 24.3 Å². The number of nitrogens with zero attached hydrogens (tertiary/aromatic N) is 4. The second kappa shape index (κ2) is 9.89. The minimum atomic E-state index is 0.610. The zero-order valence-corrected chi connectivity index (χ0v) is 26.2. The van der Waals surface area contributed by atoms with Gasteiger partial charge in [-0.2, -0.15) is 0 Å². The van der Waals surface area contributed by atoms with Crippen LogP contribution < -0.4 is 0 Å². The molecule has 0 radical (unpaired) electrons. The van der Waals surface area contributed by atoms with Crippen molar-refractivity contribution in [2.75, 3.05) is 0 Å². The van der Waals surface area contributed by atoms with Gasteiger partial charge in [-0.3, -0.25) is 4.57 Å². The highest BCUT2D eigenvalue weighted by atomic mass is 16.3. The van der Waals surface area contributed by atoms with Crippen LogP contribution in [0.3, 0.4) is 0 Å². The number of fused-ring (bicyclic) bond motifs is 12. The summed E-state index contributed by atoms with van der Waals surface area (Å²) < 4.78 is 11.2. The summed E-state index contributed by atoms with van der Waals surface area (Å²) in [4.78, 5) is 10.7.